The molecule has 144 valence electrons. The molecule has 0 unspecified atom stereocenters. The van der Waals surface area contributed by atoms with Crippen molar-refractivity contribution in [3.63, 3.8) is 0 Å². The van der Waals surface area contributed by atoms with Gasteiger partial charge in [0.2, 0.25) is 0 Å². The van der Waals surface area contributed by atoms with Crippen LogP contribution >= 0.6 is 24.0 Å². The summed E-state index contributed by atoms with van der Waals surface area (Å²) in [4.78, 5) is 4.54. The maximum atomic E-state index is 11.3. The van der Waals surface area contributed by atoms with Crippen LogP contribution in [0.15, 0.2) is 29.3 Å². The van der Waals surface area contributed by atoms with Crippen LogP contribution in [0.1, 0.15) is 31.4 Å². The first-order valence-electron chi connectivity index (χ1n) is 8.30. The first-order valence-corrected chi connectivity index (χ1v) is 10.4. The SMILES string of the molecule is CCNC(=NCc1ccc(CS(C)(=O)=O)cc1)NCCCOCC.I. The van der Waals surface area contributed by atoms with Gasteiger partial charge in [-0.1, -0.05) is 24.3 Å². The Morgan fingerprint density at radius 2 is 1.76 bits per heavy atom. The monoisotopic (exact) mass is 483 g/mol. The summed E-state index contributed by atoms with van der Waals surface area (Å²) in [6, 6.07) is 7.52. The lowest BCUT2D eigenvalue weighted by Gasteiger charge is -2.11. The third-order valence-electron chi connectivity index (χ3n) is 3.18. The van der Waals surface area contributed by atoms with Gasteiger partial charge in [-0.05, 0) is 31.4 Å². The summed E-state index contributed by atoms with van der Waals surface area (Å²) < 4.78 is 27.9. The number of ether oxygens (including phenoxy) is 1. The van der Waals surface area contributed by atoms with Crippen molar-refractivity contribution in [1.29, 1.82) is 0 Å². The number of rotatable bonds is 10. The smallest absolute Gasteiger partial charge is 0.191 e. The van der Waals surface area contributed by atoms with E-state index in [-0.39, 0.29) is 29.7 Å². The molecule has 6 nitrogen and oxygen atoms in total. The molecule has 0 fully saturated rings. The molecule has 0 spiro atoms. The fourth-order valence-corrected chi connectivity index (χ4v) is 2.88. The number of nitrogens with zero attached hydrogens (tertiary/aromatic N) is 1. The van der Waals surface area contributed by atoms with E-state index in [1.54, 1.807) is 0 Å². The van der Waals surface area contributed by atoms with Crippen molar-refractivity contribution in [1.82, 2.24) is 10.6 Å². The molecule has 0 aliphatic rings. The summed E-state index contributed by atoms with van der Waals surface area (Å²) in [6.07, 6.45) is 2.17. The molecule has 0 heterocycles. The largest absolute Gasteiger partial charge is 0.382 e. The lowest BCUT2D eigenvalue weighted by Crippen LogP contribution is -2.38. The van der Waals surface area contributed by atoms with E-state index in [1.165, 1.54) is 6.26 Å². The maximum absolute atomic E-state index is 11.3. The summed E-state index contributed by atoms with van der Waals surface area (Å²) in [5, 5.41) is 6.48. The van der Waals surface area contributed by atoms with Gasteiger partial charge in [-0.25, -0.2) is 13.4 Å². The van der Waals surface area contributed by atoms with Gasteiger partial charge in [-0.3, -0.25) is 0 Å². The zero-order valence-corrected chi connectivity index (χ0v) is 18.4. The molecule has 0 radical (unpaired) electrons. The van der Waals surface area contributed by atoms with Crippen LogP contribution in [0.4, 0.5) is 0 Å². The number of sulfone groups is 1. The number of benzene rings is 1. The zero-order valence-electron chi connectivity index (χ0n) is 15.2. The van der Waals surface area contributed by atoms with Crippen molar-refractivity contribution in [2.24, 2.45) is 4.99 Å². The van der Waals surface area contributed by atoms with Gasteiger partial charge in [0.15, 0.2) is 15.8 Å². The van der Waals surface area contributed by atoms with E-state index < -0.39 is 9.84 Å². The molecular weight excluding hydrogens is 453 g/mol. The maximum Gasteiger partial charge on any atom is 0.191 e. The molecule has 0 aliphatic carbocycles. The van der Waals surface area contributed by atoms with E-state index in [9.17, 15) is 8.42 Å². The minimum absolute atomic E-state index is 0. The van der Waals surface area contributed by atoms with Gasteiger partial charge in [0.05, 0.1) is 12.3 Å². The molecule has 8 heteroatoms. The van der Waals surface area contributed by atoms with Crippen LogP contribution in [0.3, 0.4) is 0 Å². The molecule has 25 heavy (non-hydrogen) atoms. The van der Waals surface area contributed by atoms with E-state index in [4.69, 9.17) is 4.74 Å². The summed E-state index contributed by atoms with van der Waals surface area (Å²) in [5.74, 6) is 0.842. The predicted molar refractivity (Wildman–Crippen MR) is 114 cm³/mol. The van der Waals surface area contributed by atoms with E-state index in [0.29, 0.717) is 6.54 Å². The molecule has 2 N–H and O–H groups in total. The minimum atomic E-state index is -3.00. The van der Waals surface area contributed by atoms with Crippen LogP contribution in [0.2, 0.25) is 0 Å². The van der Waals surface area contributed by atoms with Crippen molar-refractivity contribution in [2.45, 2.75) is 32.6 Å². The molecular formula is C17H30IN3O3S. The molecule has 0 saturated carbocycles. The molecule has 1 aromatic rings. The Morgan fingerprint density at radius 3 is 2.32 bits per heavy atom. The molecule has 0 aromatic heterocycles. The standard InChI is InChI=1S/C17H29N3O3S.HI/c1-4-18-17(19-11-6-12-23-5-2)20-13-15-7-9-16(10-8-15)14-24(3,21)22;/h7-10H,4-6,11-14H2,1-3H3,(H2,18,19,20);1H. The fraction of sp³-hybridized carbons (Fsp3) is 0.588. The molecule has 1 rings (SSSR count). The first kappa shape index (κ1) is 24.1. The normalized spacial score (nSPS) is 11.7. The summed E-state index contributed by atoms with van der Waals surface area (Å²) in [7, 11) is -3.00. The molecule has 0 atom stereocenters. The van der Waals surface area contributed by atoms with Gasteiger partial charge in [-0.15, -0.1) is 24.0 Å². The molecule has 0 amide bonds. The number of hydrogen-bond donors (Lipinski definition) is 2. The van der Waals surface area contributed by atoms with E-state index >= 15 is 0 Å². The topological polar surface area (TPSA) is 79.8 Å². The van der Waals surface area contributed by atoms with Crippen LogP contribution in [0.5, 0.6) is 0 Å². The Balaban J connectivity index is 0.00000576. The van der Waals surface area contributed by atoms with Crippen LogP contribution in [-0.4, -0.2) is 46.9 Å². The Labute approximate surface area is 168 Å². The summed E-state index contributed by atoms with van der Waals surface area (Å²) >= 11 is 0. The Hall–Kier alpha value is -0.870. The number of halogens is 1. The lowest BCUT2D eigenvalue weighted by atomic mass is 10.1. The van der Waals surface area contributed by atoms with Crippen molar-refractivity contribution in [2.75, 3.05) is 32.6 Å². The van der Waals surface area contributed by atoms with Gasteiger partial charge >= 0.3 is 0 Å². The highest BCUT2D eigenvalue weighted by atomic mass is 127. The quantitative estimate of drug-likeness (QED) is 0.231. The average molecular weight is 483 g/mol. The third-order valence-corrected chi connectivity index (χ3v) is 4.04. The van der Waals surface area contributed by atoms with Gasteiger partial charge in [0.1, 0.15) is 0 Å². The van der Waals surface area contributed by atoms with Crippen LogP contribution < -0.4 is 10.6 Å². The highest BCUT2D eigenvalue weighted by Crippen LogP contribution is 2.08. The lowest BCUT2D eigenvalue weighted by molar-refractivity contribution is 0.145. The van der Waals surface area contributed by atoms with Crippen LogP contribution in [-0.2, 0) is 26.9 Å². The van der Waals surface area contributed by atoms with Crippen molar-refractivity contribution in [3.8, 4) is 0 Å². The van der Waals surface area contributed by atoms with E-state index in [0.717, 1.165) is 49.8 Å². The average Bonchev–Trinajstić information content (AvgIpc) is 2.52. The van der Waals surface area contributed by atoms with Crippen molar-refractivity contribution < 1.29 is 13.2 Å². The second-order valence-electron chi connectivity index (χ2n) is 5.56. The van der Waals surface area contributed by atoms with Crippen LogP contribution in [0.25, 0.3) is 0 Å². The van der Waals surface area contributed by atoms with E-state index in [2.05, 4.69) is 15.6 Å². The highest BCUT2D eigenvalue weighted by molar-refractivity contribution is 14.0. The van der Waals surface area contributed by atoms with E-state index in [1.807, 2.05) is 38.1 Å². The van der Waals surface area contributed by atoms with Crippen molar-refractivity contribution >= 4 is 39.8 Å². The summed E-state index contributed by atoms with van der Waals surface area (Å²) in [5.41, 5.74) is 1.84. The molecule has 1 aromatic carbocycles. The van der Waals surface area contributed by atoms with Gasteiger partial charge in [0.25, 0.3) is 0 Å². The zero-order chi connectivity index (χ0) is 17.8. The second-order valence-corrected chi connectivity index (χ2v) is 7.70. The number of aliphatic imine (C=N–C) groups is 1. The summed E-state index contributed by atoms with van der Waals surface area (Å²) in [6.45, 7) is 7.63. The predicted octanol–water partition coefficient (Wildman–Crippen LogP) is 2.33. The minimum Gasteiger partial charge on any atom is -0.382 e. The number of guanidine groups is 1. The fourth-order valence-electron chi connectivity index (χ4n) is 2.08. The molecule has 0 saturated heterocycles. The molecule has 0 bridgehead atoms. The molecule has 0 aliphatic heterocycles. The Morgan fingerprint density at radius 1 is 1.12 bits per heavy atom. The van der Waals surface area contributed by atoms with Gasteiger partial charge < -0.3 is 15.4 Å². The van der Waals surface area contributed by atoms with Crippen LogP contribution in [0, 0.1) is 0 Å². The Kier molecular flexibility index (Phi) is 12.9. The van der Waals surface area contributed by atoms with Crippen molar-refractivity contribution in [3.05, 3.63) is 35.4 Å². The first-order chi connectivity index (χ1) is 11.4. The Bertz CT molecular complexity index is 604. The third kappa shape index (κ3) is 12.2. The number of nitrogens with one attached hydrogen (secondary N) is 2. The van der Waals surface area contributed by atoms with Gasteiger partial charge in [0, 0.05) is 32.6 Å². The van der Waals surface area contributed by atoms with Gasteiger partial charge in [-0.2, -0.15) is 0 Å². The highest BCUT2D eigenvalue weighted by Gasteiger charge is 2.04. The second kappa shape index (κ2) is 13.3. The number of hydrogen-bond acceptors (Lipinski definition) is 4.